The van der Waals surface area contributed by atoms with Gasteiger partial charge in [-0.25, -0.2) is 9.78 Å². The number of aromatic nitrogens is 3. The molecule has 0 atom stereocenters. The normalized spacial score (nSPS) is 10.7. The Bertz CT molecular complexity index is 965. The van der Waals surface area contributed by atoms with E-state index in [9.17, 15) is 9.59 Å². The molecule has 28 heavy (non-hydrogen) atoms. The summed E-state index contributed by atoms with van der Waals surface area (Å²) in [5.74, 6) is -0.637. The summed E-state index contributed by atoms with van der Waals surface area (Å²) in [6.45, 7) is 6.76. The van der Waals surface area contributed by atoms with Crippen LogP contribution in [0.5, 0.6) is 0 Å². The largest absolute Gasteiger partial charge is 0.462 e. The number of benzene rings is 1. The lowest BCUT2D eigenvalue weighted by Gasteiger charge is -2.19. The molecule has 0 saturated heterocycles. The third-order valence-electron chi connectivity index (χ3n) is 4.11. The Morgan fingerprint density at radius 2 is 1.96 bits per heavy atom. The van der Waals surface area contributed by atoms with Gasteiger partial charge in [0, 0.05) is 12.7 Å². The maximum Gasteiger partial charge on any atom is 0.350 e. The number of esters is 1. The molecule has 7 nitrogen and oxygen atoms in total. The molecule has 1 aromatic carbocycles. The number of ether oxygens (including phenoxy) is 1. The van der Waals surface area contributed by atoms with Crippen LogP contribution < -0.4 is 4.90 Å². The third kappa shape index (κ3) is 4.28. The number of hydrogen-bond acceptors (Lipinski definition) is 6. The van der Waals surface area contributed by atoms with Crippen molar-refractivity contribution >= 4 is 28.3 Å². The first-order valence-electron chi connectivity index (χ1n) is 9.06. The fourth-order valence-electron chi connectivity index (χ4n) is 2.68. The molecule has 3 aromatic rings. The van der Waals surface area contributed by atoms with Crippen LogP contribution in [-0.4, -0.2) is 33.2 Å². The Morgan fingerprint density at radius 1 is 1.21 bits per heavy atom. The first-order chi connectivity index (χ1) is 13.5. The molecular formula is C20H22N4O3S. The maximum absolute atomic E-state index is 13.2. The topological polar surface area (TPSA) is 77.3 Å². The molecule has 0 saturated carbocycles. The fourth-order valence-corrected chi connectivity index (χ4v) is 3.64. The molecule has 146 valence electrons. The van der Waals surface area contributed by atoms with Crippen molar-refractivity contribution in [1.29, 1.82) is 0 Å². The molecule has 0 aliphatic carbocycles. The van der Waals surface area contributed by atoms with Crippen molar-refractivity contribution in [3.63, 3.8) is 0 Å². The third-order valence-corrected chi connectivity index (χ3v) is 5.27. The summed E-state index contributed by atoms with van der Waals surface area (Å²) < 4.78 is 6.80. The van der Waals surface area contributed by atoms with Crippen LogP contribution in [0.15, 0.2) is 42.7 Å². The first-order valence-corrected chi connectivity index (χ1v) is 9.87. The minimum Gasteiger partial charge on any atom is -0.462 e. The van der Waals surface area contributed by atoms with E-state index in [-0.39, 0.29) is 12.5 Å². The van der Waals surface area contributed by atoms with E-state index in [0.29, 0.717) is 34.4 Å². The zero-order valence-corrected chi connectivity index (χ0v) is 16.9. The average Bonchev–Trinajstić information content (AvgIpc) is 3.33. The lowest BCUT2D eigenvalue weighted by atomic mass is 10.2. The summed E-state index contributed by atoms with van der Waals surface area (Å²) in [6, 6.07) is 9.66. The standard InChI is InChI=1S/C20H22N4O3S/c1-4-23-13-16(11-21-23)18(25)24(12-15-9-7-6-8-10-15)20-22-14(3)17(28-20)19(26)27-5-2/h6-11,13H,4-5,12H2,1-3H3. The zero-order valence-electron chi connectivity index (χ0n) is 16.1. The van der Waals surface area contributed by atoms with E-state index in [0.717, 1.165) is 16.9 Å². The van der Waals surface area contributed by atoms with E-state index in [2.05, 4.69) is 10.1 Å². The summed E-state index contributed by atoms with van der Waals surface area (Å²) in [5.41, 5.74) is 1.99. The van der Waals surface area contributed by atoms with Gasteiger partial charge in [-0.15, -0.1) is 0 Å². The predicted octanol–water partition coefficient (Wildman–Crippen LogP) is 3.69. The number of amides is 1. The van der Waals surface area contributed by atoms with Crippen LogP contribution in [0.1, 0.15) is 45.1 Å². The Kier molecular flexibility index (Phi) is 6.20. The monoisotopic (exact) mass is 398 g/mol. The molecule has 0 N–H and O–H groups in total. The van der Waals surface area contributed by atoms with Crippen LogP contribution in [0.3, 0.4) is 0 Å². The zero-order chi connectivity index (χ0) is 20.1. The molecule has 2 aromatic heterocycles. The van der Waals surface area contributed by atoms with E-state index in [1.54, 1.807) is 35.8 Å². The highest BCUT2D eigenvalue weighted by Gasteiger charge is 2.25. The van der Waals surface area contributed by atoms with Crippen molar-refractivity contribution in [2.24, 2.45) is 0 Å². The second-order valence-electron chi connectivity index (χ2n) is 6.09. The van der Waals surface area contributed by atoms with Crippen molar-refractivity contribution in [1.82, 2.24) is 14.8 Å². The van der Waals surface area contributed by atoms with Gasteiger partial charge in [-0.05, 0) is 26.3 Å². The number of rotatable bonds is 7. The SMILES string of the molecule is CCOC(=O)c1sc(N(Cc2ccccc2)C(=O)c2cnn(CC)c2)nc1C. The molecule has 0 unspecified atom stereocenters. The van der Waals surface area contributed by atoms with Gasteiger partial charge >= 0.3 is 5.97 Å². The van der Waals surface area contributed by atoms with E-state index in [1.807, 2.05) is 37.3 Å². The summed E-state index contributed by atoms with van der Waals surface area (Å²) >= 11 is 1.16. The van der Waals surface area contributed by atoms with Gasteiger partial charge < -0.3 is 4.74 Å². The van der Waals surface area contributed by atoms with E-state index in [4.69, 9.17) is 4.74 Å². The highest BCUT2D eigenvalue weighted by atomic mass is 32.1. The number of carbonyl (C=O) groups excluding carboxylic acids is 2. The van der Waals surface area contributed by atoms with Crippen molar-refractivity contribution in [2.45, 2.75) is 33.9 Å². The van der Waals surface area contributed by atoms with Gasteiger partial charge in [0.05, 0.1) is 30.6 Å². The van der Waals surface area contributed by atoms with E-state index in [1.165, 1.54) is 0 Å². The lowest BCUT2D eigenvalue weighted by Crippen LogP contribution is -2.30. The Morgan fingerprint density at radius 3 is 2.61 bits per heavy atom. The molecule has 1 amide bonds. The summed E-state index contributed by atoms with van der Waals surface area (Å²) in [7, 11) is 0. The molecule has 3 rings (SSSR count). The van der Waals surface area contributed by atoms with Crippen molar-refractivity contribution in [2.75, 3.05) is 11.5 Å². The summed E-state index contributed by atoms with van der Waals surface area (Å²) in [6.07, 6.45) is 3.27. The van der Waals surface area contributed by atoms with Crippen LogP contribution in [0.2, 0.25) is 0 Å². The van der Waals surface area contributed by atoms with Gasteiger partial charge in [0.2, 0.25) is 0 Å². The Balaban J connectivity index is 1.97. The molecule has 0 aliphatic heterocycles. The fraction of sp³-hybridized carbons (Fsp3) is 0.300. The quantitative estimate of drug-likeness (QED) is 0.567. The van der Waals surface area contributed by atoms with E-state index < -0.39 is 5.97 Å². The Hall–Kier alpha value is -3.00. The van der Waals surface area contributed by atoms with Gasteiger partial charge in [-0.3, -0.25) is 14.4 Å². The minimum atomic E-state index is -0.422. The van der Waals surface area contributed by atoms with Crippen molar-refractivity contribution in [3.8, 4) is 0 Å². The highest BCUT2D eigenvalue weighted by Crippen LogP contribution is 2.29. The number of nitrogens with zero attached hydrogens (tertiary/aromatic N) is 4. The molecule has 2 heterocycles. The number of aryl methyl sites for hydroxylation is 2. The van der Waals surface area contributed by atoms with Gasteiger partial charge in [-0.2, -0.15) is 5.10 Å². The molecule has 0 fully saturated rings. The lowest BCUT2D eigenvalue weighted by molar-refractivity contribution is 0.0531. The smallest absolute Gasteiger partial charge is 0.350 e. The molecule has 0 bridgehead atoms. The number of thiazole rings is 1. The van der Waals surface area contributed by atoms with Crippen molar-refractivity contribution in [3.05, 3.63) is 64.4 Å². The van der Waals surface area contributed by atoms with Crippen LogP contribution in [0, 0.1) is 6.92 Å². The minimum absolute atomic E-state index is 0.215. The van der Waals surface area contributed by atoms with Crippen LogP contribution >= 0.6 is 11.3 Å². The van der Waals surface area contributed by atoms with E-state index >= 15 is 0 Å². The second kappa shape index (κ2) is 8.79. The maximum atomic E-state index is 13.2. The van der Waals surface area contributed by atoms with Gasteiger partial charge in [0.15, 0.2) is 5.13 Å². The van der Waals surface area contributed by atoms with Crippen molar-refractivity contribution < 1.29 is 14.3 Å². The van der Waals surface area contributed by atoms with Crippen LogP contribution in [-0.2, 0) is 17.8 Å². The Labute approximate surface area is 167 Å². The van der Waals surface area contributed by atoms with Gasteiger partial charge in [0.1, 0.15) is 4.88 Å². The molecular weight excluding hydrogens is 376 g/mol. The van der Waals surface area contributed by atoms with Gasteiger partial charge in [0.25, 0.3) is 5.91 Å². The summed E-state index contributed by atoms with van der Waals surface area (Å²) in [4.78, 5) is 31.9. The molecule has 0 aliphatic rings. The highest BCUT2D eigenvalue weighted by molar-refractivity contribution is 7.17. The summed E-state index contributed by atoms with van der Waals surface area (Å²) in [5, 5.41) is 4.65. The predicted molar refractivity (Wildman–Crippen MR) is 108 cm³/mol. The first kappa shape index (κ1) is 19.8. The second-order valence-corrected chi connectivity index (χ2v) is 7.07. The molecule has 0 radical (unpaired) electrons. The average molecular weight is 398 g/mol. The molecule has 8 heteroatoms. The van der Waals surface area contributed by atoms with Gasteiger partial charge in [-0.1, -0.05) is 41.7 Å². The van der Waals surface area contributed by atoms with Crippen LogP contribution in [0.25, 0.3) is 0 Å². The van der Waals surface area contributed by atoms with Crippen LogP contribution in [0.4, 0.5) is 5.13 Å². The number of hydrogen-bond donors (Lipinski definition) is 0. The number of carbonyl (C=O) groups is 2. The number of anilines is 1. The molecule has 0 spiro atoms.